The van der Waals surface area contributed by atoms with Gasteiger partial charge in [-0.2, -0.15) is 0 Å². The Balaban J connectivity index is 1.86. The molecule has 0 radical (unpaired) electrons. The molecule has 1 fully saturated rings. The highest BCUT2D eigenvalue weighted by molar-refractivity contribution is 6.62. The molecule has 2 aromatic carbocycles. The maximum absolute atomic E-state index is 6.38. The molecule has 150 valence electrons. The van der Waals surface area contributed by atoms with Gasteiger partial charge in [0.05, 0.1) is 18.3 Å². The van der Waals surface area contributed by atoms with E-state index in [0.717, 1.165) is 11.0 Å². The Kier molecular flexibility index (Phi) is 5.78. The number of rotatable bonds is 6. The van der Waals surface area contributed by atoms with Gasteiger partial charge in [0.2, 0.25) is 0 Å². The molecule has 2 aromatic rings. The average molecular weight is 382 g/mol. The largest absolute Gasteiger partial charge is 0.494 e. The van der Waals surface area contributed by atoms with Gasteiger partial charge in [-0.05, 0) is 56.8 Å². The molecular weight excluding hydrogens is 351 g/mol. The molecule has 4 nitrogen and oxygen atoms in total. The van der Waals surface area contributed by atoms with Crippen LogP contribution in [0.1, 0.15) is 53.2 Å². The molecule has 0 saturated carbocycles. The molecule has 0 N–H and O–H groups in total. The molecular formula is C23H31BO4. The lowest BCUT2D eigenvalue weighted by molar-refractivity contribution is 0.00578. The maximum Gasteiger partial charge on any atom is 0.494 e. The fourth-order valence-electron chi connectivity index (χ4n) is 3.28. The van der Waals surface area contributed by atoms with Gasteiger partial charge in [-0.3, -0.25) is 0 Å². The molecule has 0 aromatic heterocycles. The quantitative estimate of drug-likeness (QED) is 0.675. The summed E-state index contributed by atoms with van der Waals surface area (Å²) in [6, 6.07) is 16.1. The van der Waals surface area contributed by atoms with Crippen LogP contribution in [-0.4, -0.2) is 25.4 Å². The number of methoxy groups -OCH3 is 1. The minimum absolute atomic E-state index is 0.0576. The molecule has 0 aliphatic carbocycles. The van der Waals surface area contributed by atoms with Gasteiger partial charge in [-0.25, -0.2) is 0 Å². The van der Waals surface area contributed by atoms with Crippen LogP contribution in [0.15, 0.2) is 48.5 Å². The minimum atomic E-state index is -0.428. The van der Waals surface area contributed by atoms with Crippen molar-refractivity contribution in [2.24, 2.45) is 5.92 Å². The van der Waals surface area contributed by atoms with E-state index in [1.54, 1.807) is 7.11 Å². The van der Waals surface area contributed by atoms with E-state index in [4.69, 9.17) is 18.8 Å². The molecule has 3 rings (SSSR count). The summed E-state index contributed by atoms with van der Waals surface area (Å²) in [6.45, 7) is 12.5. The zero-order valence-electron chi connectivity index (χ0n) is 18.0. The third-order valence-electron chi connectivity index (χ3n) is 5.70. The van der Waals surface area contributed by atoms with E-state index in [1.807, 2.05) is 36.4 Å². The predicted molar refractivity (Wildman–Crippen MR) is 113 cm³/mol. The molecule has 28 heavy (non-hydrogen) atoms. The topological polar surface area (TPSA) is 36.9 Å². The van der Waals surface area contributed by atoms with E-state index < -0.39 is 7.12 Å². The highest BCUT2D eigenvalue weighted by Gasteiger charge is 2.51. The molecule has 0 spiro atoms. The van der Waals surface area contributed by atoms with Crippen molar-refractivity contribution in [1.29, 1.82) is 0 Å². The second kappa shape index (κ2) is 7.80. The lowest BCUT2D eigenvalue weighted by atomic mass is 9.79. The van der Waals surface area contributed by atoms with Crippen molar-refractivity contribution in [3.8, 4) is 11.5 Å². The first-order valence-corrected chi connectivity index (χ1v) is 9.90. The monoisotopic (exact) mass is 382 g/mol. The summed E-state index contributed by atoms with van der Waals surface area (Å²) in [4.78, 5) is 0. The lowest BCUT2D eigenvalue weighted by Gasteiger charge is -2.32. The second-order valence-corrected chi connectivity index (χ2v) is 8.69. The summed E-state index contributed by atoms with van der Waals surface area (Å²) in [5.41, 5.74) is 1.31. The normalized spacial score (nSPS) is 18.9. The number of ether oxygens (including phenoxy) is 2. The molecule has 1 unspecified atom stereocenters. The van der Waals surface area contributed by atoms with Crippen LogP contribution in [0, 0.1) is 5.92 Å². The van der Waals surface area contributed by atoms with Gasteiger partial charge in [0.1, 0.15) is 6.10 Å². The van der Waals surface area contributed by atoms with E-state index >= 15 is 0 Å². The summed E-state index contributed by atoms with van der Waals surface area (Å²) < 4.78 is 24.3. The van der Waals surface area contributed by atoms with Gasteiger partial charge in [-0.15, -0.1) is 0 Å². The van der Waals surface area contributed by atoms with E-state index in [2.05, 4.69) is 53.7 Å². The Morgan fingerprint density at radius 2 is 1.46 bits per heavy atom. The summed E-state index contributed by atoms with van der Waals surface area (Å²) in [5.74, 6) is 1.70. The third kappa shape index (κ3) is 4.06. The molecule has 1 aliphatic rings. The van der Waals surface area contributed by atoms with E-state index in [9.17, 15) is 0 Å². The Morgan fingerprint density at radius 3 is 2.00 bits per heavy atom. The van der Waals surface area contributed by atoms with Gasteiger partial charge >= 0.3 is 7.12 Å². The first kappa shape index (κ1) is 20.8. The van der Waals surface area contributed by atoms with Crippen LogP contribution in [0.4, 0.5) is 0 Å². The zero-order valence-corrected chi connectivity index (χ0v) is 18.0. The predicted octanol–water partition coefficient (Wildman–Crippen LogP) is 4.77. The van der Waals surface area contributed by atoms with Crippen molar-refractivity contribution in [3.05, 3.63) is 54.1 Å². The van der Waals surface area contributed by atoms with Gasteiger partial charge in [0, 0.05) is 0 Å². The highest BCUT2D eigenvalue weighted by atomic mass is 16.7. The molecule has 0 amide bonds. The smallest absolute Gasteiger partial charge is 0.493 e. The van der Waals surface area contributed by atoms with Crippen molar-refractivity contribution < 1.29 is 18.8 Å². The molecule has 1 saturated heterocycles. The van der Waals surface area contributed by atoms with Crippen molar-refractivity contribution in [2.75, 3.05) is 7.11 Å². The van der Waals surface area contributed by atoms with Crippen molar-refractivity contribution >= 4 is 12.6 Å². The van der Waals surface area contributed by atoms with E-state index in [-0.39, 0.29) is 17.3 Å². The Bertz CT molecular complexity index is 786. The average Bonchev–Trinajstić information content (AvgIpc) is 2.87. The van der Waals surface area contributed by atoms with E-state index in [1.165, 1.54) is 0 Å². The molecule has 1 heterocycles. The van der Waals surface area contributed by atoms with Gasteiger partial charge in [0.15, 0.2) is 11.5 Å². The van der Waals surface area contributed by atoms with Crippen LogP contribution in [0.25, 0.3) is 0 Å². The molecule has 1 atom stereocenters. The molecule has 1 aliphatic heterocycles. The molecule has 5 heteroatoms. The fraction of sp³-hybridized carbons (Fsp3) is 0.478. The van der Waals surface area contributed by atoms with Crippen molar-refractivity contribution in [2.45, 2.75) is 58.8 Å². The first-order chi connectivity index (χ1) is 13.1. The van der Waals surface area contributed by atoms with Crippen molar-refractivity contribution in [3.63, 3.8) is 0 Å². The van der Waals surface area contributed by atoms with Gasteiger partial charge in [-0.1, -0.05) is 50.2 Å². The molecule has 0 bridgehead atoms. The zero-order chi connectivity index (χ0) is 20.5. The maximum atomic E-state index is 6.38. The number of hydrogen-bond acceptors (Lipinski definition) is 4. The minimum Gasteiger partial charge on any atom is -0.493 e. The van der Waals surface area contributed by atoms with Crippen LogP contribution in [0.3, 0.4) is 0 Å². The lowest BCUT2D eigenvalue weighted by Crippen LogP contribution is -2.41. The Hall–Kier alpha value is -1.98. The van der Waals surface area contributed by atoms with Gasteiger partial charge in [0.25, 0.3) is 0 Å². The second-order valence-electron chi connectivity index (χ2n) is 8.69. The summed E-state index contributed by atoms with van der Waals surface area (Å²) in [5, 5.41) is 0. The van der Waals surface area contributed by atoms with Gasteiger partial charge < -0.3 is 18.8 Å². The summed E-state index contributed by atoms with van der Waals surface area (Å²) >= 11 is 0. The highest BCUT2D eigenvalue weighted by Crippen LogP contribution is 2.38. The Labute approximate surface area is 169 Å². The van der Waals surface area contributed by atoms with Crippen molar-refractivity contribution in [1.82, 2.24) is 0 Å². The SMILES string of the molecule is COc1cc(B2OC(C)(C)C(C)(C)O2)ccc1OC(c1ccccc1)C(C)C. The summed E-state index contributed by atoms with van der Waals surface area (Å²) in [6.07, 6.45) is -0.0576. The number of benzene rings is 2. The summed E-state index contributed by atoms with van der Waals surface area (Å²) in [7, 11) is 1.23. The van der Waals surface area contributed by atoms with E-state index in [0.29, 0.717) is 17.4 Å². The van der Waals surface area contributed by atoms with Crippen LogP contribution in [0.2, 0.25) is 0 Å². The van der Waals surface area contributed by atoms with Crippen LogP contribution < -0.4 is 14.9 Å². The van der Waals surface area contributed by atoms with Crippen LogP contribution in [-0.2, 0) is 9.31 Å². The third-order valence-corrected chi connectivity index (χ3v) is 5.70. The van der Waals surface area contributed by atoms with Crippen LogP contribution in [0.5, 0.6) is 11.5 Å². The fourth-order valence-corrected chi connectivity index (χ4v) is 3.28. The first-order valence-electron chi connectivity index (χ1n) is 9.90. The Morgan fingerprint density at radius 1 is 0.857 bits per heavy atom. The number of hydrogen-bond donors (Lipinski definition) is 0. The van der Waals surface area contributed by atoms with Crippen LogP contribution >= 0.6 is 0 Å². The standard InChI is InChI=1S/C23H31BO4/c1-16(2)21(17-11-9-8-10-12-17)26-19-14-13-18(15-20(19)25-7)24-27-22(3,4)23(5,6)28-24/h8-16,21H,1-7H3.